The molecule has 2 atom stereocenters. The Morgan fingerprint density at radius 3 is 2.50 bits per heavy atom. The highest BCUT2D eigenvalue weighted by Crippen LogP contribution is 2.36. The number of nitrogens with one attached hydrogen (secondary N) is 2. The fourth-order valence-corrected chi connectivity index (χ4v) is 4.68. The second kappa shape index (κ2) is 15.0. The lowest BCUT2D eigenvalue weighted by molar-refractivity contribution is -0.145. The number of anilines is 2. The Morgan fingerprint density at radius 1 is 1.15 bits per heavy atom. The van der Waals surface area contributed by atoms with Gasteiger partial charge in [-0.2, -0.15) is 4.98 Å². The van der Waals surface area contributed by atoms with E-state index in [2.05, 4.69) is 39.4 Å². The second-order valence-corrected chi connectivity index (χ2v) is 11.1. The van der Waals surface area contributed by atoms with E-state index >= 15 is 0 Å². The second-order valence-electron chi connectivity index (χ2n) is 10.1. The van der Waals surface area contributed by atoms with Crippen molar-refractivity contribution in [1.29, 1.82) is 0 Å². The van der Waals surface area contributed by atoms with E-state index in [1.807, 2.05) is 24.4 Å². The minimum Gasteiger partial charge on any atom is -0.454 e. The van der Waals surface area contributed by atoms with E-state index in [1.165, 1.54) is 13.3 Å². The molecule has 1 aliphatic carbocycles. The van der Waals surface area contributed by atoms with Gasteiger partial charge in [0.1, 0.15) is 16.6 Å². The zero-order chi connectivity index (χ0) is 29.1. The van der Waals surface area contributed by atoms with Gasteiger partial charge in [0, 0.05) is 35.8 Å². The first-order chi connectivity index (χ1) is 19.2. The van der Waals surface area contributed by atoms with Crippen molar-refractivity contribution >= 4 is 34.1 Å². The van der Waals surface area contributed by atoms with Crippen LogP contribution >= 0.6 is 11.3 Å². The molecule has 1 saturated carbocycles. The summed E-state index contributed by atoms with van der Waals surface area (Å²) >= 11 is 1.59. The van der Waals surface area contributed by atoms with Gasteiger partial charge in [0.2, 0.25) is 5.95 Å². The third kappa shape index (κ3) is 9.22. The van der Waals surface area contributed by atoms with E-state index in [1.54, 1.807) is 36.9 Å². The van der Waals surface area contributed by atoms with Gasteiger partial charge in [-0.15, -0.1) is 11.3 Å². The van der Waals surface area contributed by atoms with Gasteiger partial charge in [0.25, 0.3) is 0 Å². The lowest BCUT2D eigenvalue weighted by atomic mass is 10.1. The maximum Gasteiger partial charge on any atom is 0.225 e. The van der Waals surface area contributed by atoms with Crippen molar-refractivity contribution in [3.05, 3.63) is 46.8 Å². The molecule has 0 aliphatic heterocycles. The van der Waals surface area contributed by atoms with Crippen molar-refractivity contribution in [3.8, 4) is 11.3 Å². The third-order valence-electron chi connectivity index (χ3n) is 6.35. The molecule has 0 radical (unpaired) electrons. The average Bonchev–Trinajstić information content (AvgIpc) is 3.68. The molecule has 1 fully saturated rings. The van der Waals surface area contributed by atoms with E-state index < -0.39 is 5.79 Å². The van der Waals surface area contributed by atoms with E-state index in [4.69, 9.17) is 19.6 Å². The number of thiazole rings is 1. The van der Waals surface area contributed by atoms with Gasteiger partial charge in [-0.05, 0) is 57.6 Å². The summed E-state index contributed by atoms with van der Waals surface area (Å²) in [6, 6.07) is 4.18. The number of aryl methyl sites for hydroxylation is 1. The molecule has 0 aromatic carbocycles. The highest BCUT2D eigenvalue weighted by Gasteiger charge is 2.26. The number of pyridine rings is 1. The highest BCUT2D eigenvalue weighted by molar-refractivity contribution is 7.09. The predicted octanol–water partition coefficient (Wildman–Crippen LogP) is 5.75. The van der Waals surface area contributed by atoms with E-state index in [0.29, 0.717) is 30.6 Å². The zero-order valence-electron chi connectivity index (χ0n) is 24.0. The van der Waals surface area contributed by atoms with Crippen LogP contribution in [0.2, 0.25) is 0 Å². The summed E-state index contributed by atoms with van der Waals surface area (Å²) in [7, 11) is 0. The van der Waals surface area contributed by atoms with Crippen molar-refractivity contribution in [3.63, 3.8) is 0 Å². The zero-order valence-corrected chi connectivity index (χ0v) is 24.8. The summed E-state index contributed by atoms with van der Waals surface area (Å²) in [5, 5.41) is 37.1. The van der Waals surface area contributed by atoms with Crippen LogP contribution in [0.25, 0.3) is 22.3 Å². The molecule has 5 N–H and O–H groups in total. The van der Waals surface area contributed by atoms with Crippen LogP contribution in [-0.4, -0.2) is 53.7 Å². The van der Waals surface area contributed by atoms with Crippen molar-refractivity contribution in [2.75, 3.05) is 17.2 Å². The smallest absolute Gasteiger partial charge is 0.225 e. The first-order valence-electron chi connectivity index (χ1n) is 13.8. The SMILES string of the molecule is CCC.CCC(C)(O)O.Cc1nc(NCc2nccs2)nc(N[C@H]2CCC(CO)C2)c1-c1cc2ccncc2o1. The number of aliphatic hydroxyl groups is 3. The number of aromatic nitrogens is 4. The predicted molar refractivity (Wildman–Crippen MR) is 160 cm³/mol. The van der Waals surface area contributed by atoms with Crippen molar-refractivity contribution < 1.29 is 19.7 Å². The summed E-state index contributed by atoms with van der Waals surface area (Å²) in [6.45, 7) is 10.1. The van der Waals surface area contributed by atoms with Gasteiger partial charge in [-0.25, -0.2) is 9.97 Å². The number of aliphatic hydroxyl groups excluding tert-OH is 1. The maximum absolute atomic E-state index is 9.52. The van der Waals surface area contributed by atoms with E-state index in [-0.39, 0.29) is 12.6 Å². The van der Waals surface area contributed by atoms with Crippen molar-refractivity contribution in [2.45, 2.75) is 85.1 Å². The molecule has 0 saturated heterocycles. The topological polar surface area (TPSA) is 149 Å². The van der Waals surface area contributed by atoms with Gasteiger partial charge < -0.3 is 30.4 Å². The van der Waals surface area contributed by atoms with Crippen LogP contribution in [-0.2, 0) is 6.54 Å². The van der Waals surface area contributed by atoms with Crippen LogP contribution < -0.4 is 10.6 Å². The van der Waals surface area contributed by atoms with E-state index in [9.17, 15) is 5.11 Å². The van der Waals surface area contributed by atoms with Crippen molar-refractivity contribution in [1.82, 2.24) is 19.9 Å². The summed E-state index contributed by atoms with van der Waals surface area (Å²) in [6.07, 6.45) is 9.83. The molecule has 1 unspecified atom stereocenters. The largest absolute Gasteiger partial charge is 0.454 e. The Bertz CT molecular complexity index is 1270. The quantitative estimate of drug-likeness (QED) is 0.166. The molecule has 11 heteroatoms. The Kier molecular flexibility index (Phi) is 11.8. The Labute approximate surface area is 240 Å². The van der Waals surface area contributed by atoms with Crippen LogP contribution in [0.3, 0.4) is 0 Å². The minimum atomic E-state index is -1.46. The van der Waals surface area contributed by atoms with Crippen molar-refractivity contribution in [2.24, 2.45) is 5.92 Å². The van der Waals surface area contributed by atoms with Gasteiger partial charge in [0.05, 0.1) is 24.0 Å². The molecular weight excluding hydrogens is 528 g/mol. The summed E-state index contributed by atoms with van der Waals surface area (Å²) < 4.78 is 6.09. The number of furan rings is 1. The molecule has 0 bridgehead atoms. The molecule has 10 nitrogen and oxygen atoms in total. The standard InChI is InChI=1S/C22H24N6O2S.C4H10O2.C3H8/c1-13-20(17-9-15-4-5-23-10-18(15)30-17)21(27-16-3-2-14(8-16)12-29)28-22(26-13)25-11-19-24-6-7-31-19;1-3-4(2,5)6;1-3-2/h4-7,9-10,14,16,29H,2-3,8,11-12H2,1H3,(H2,25,26,27,28);5-6H,3H2,1-2H3;3H2,1-2H3/t14?,16-;;/m0../s1. The number of nitrogens with zero attached hydrogens (tertiary/aromatic N) is 4. The molecule has 218 valence electrons. The molecular formula is C29H42N6O4S. The van der Waals surface area contributed by atoms with Gasteiger partial charge in [-0.1, -0.05) is 27.2 Å². The number of rotatable bonds is 8. The van der Waals surface area contributed by atoms with Gasteiger partial charge >= 0.3 is 0 Å². The average molecular weight is 571 g/mol. The molecule has 0 amide bonds. The van der Waals surface area contributed by atoms with Crippen LogP contribution in [0.5, 0.6) is 0 Å². The van der Waals surface area contributed by atoms with Gasteiger partial charge in [0.15, 0.2) is 11.4 Å². The van der Waals surface area contributed by atoms with Crippen LogP contribution in [0.1, 0.15) is 70.5 Å². The molecule has 4 heterocycles. The molecule has 1 aliphatic rings. The molecule has 0 spiro atoms. The molecule has 4 aromatic heterocycles. The number of hydrogen-bond donors (Lipinski definition) is 5. The highest BCUT2D eigenvalue weighted by atomic mass is 32.1. The van der Waals surface area contributed by atoms with E-state index in [0.717, 1.165) is 52.3 Å². The summed E-state index contributed by atoms with van der Waals surface area (Å²) in [5.74, 6) is 0.882. The lowest BCUT2D eigenvalue weighted by Crippen LogP contribution is -2.20. The fraction of sp³-hybridized carbons (Fsp3) is 0.517. The van der Waals surface area contributed by atoms with Crippen LogP contribution in [0.4, 0.5) is 11.8 Å². The number of hydrogen-bond acceptors (Lipinski definition) is 11. The van der Waals surface area contributed by atoms with Crippen LogP contribution in [0.15, 0.2) is 40.5 Å². The monoisotopic (exact) mass is 570 g/mol. The Hall–Kier alpha value is -3.12. The molecule has 4 aromatic rings. The number of fused-ring (bicyclic) bond motifs is 1. The normalized spacial score (nSPS) is 16.6. The summed E-state index contributed by atoms with van der Waals surface area (Å²) in [5.41, 5.74) is 2.40. The first kappa shape index (κ1) is 31.4. The first-order valence-corrected chi connectivity index (χ1v) is 14.7. The Balaban J connectivity index is 0.000000429. The maximum atomic E-state index is 9.52. The minimum absolute atomic E-state index is 0.227. The van der Waals surface area contributed by atoms with Crippen LogP contribution in [0, 0.1) is 12.8 Å². The summed E-state index contributed by atoms with van der Waals surface area (Å²) in [4.78, 5) is 17.9. The fourth-order valence-electron chi connectivity index (χ4n) is 4.12. The third-order valence-corrected chi connectivity index (χ3v) is 7.13. The van der Waals surface area contributed by atoms with Gasteiger partial charge in [-0.3, -0.25) is 4.98 Å². The lowest BCUT2D eigenvalue weighted by Gasteiger charge is -2.18. The molecule has 40 heavy (non-hydrogen) atoms. The Morgan fingerprint density at radius 2 is 1.90 bits per heavy atom. The molecule has 5 rings (SSSR count).